The quantitative estimate of drug-likeness (QED) is 0.291. The maximum atomic E-state index is 14.1. The molecule has 40 heavy (non-hydrogen) atoms. The SMILES string of the molecule is CC[C@@H](C)NC(=O)[C@H](Cc1ccccc1)N(Cc1ccccc1Cl)C(=O)CN(c1ccc(C)c(Cl)c1)S(C)(=O)=O. The van der Waals surface area contributed by atoms with Crippen LogP contribution in [0.2, 0.25) is 10.0 Å². The number of sulfonamides is 1. The molecule has 2 atom stereocenters. The van der Waals surface area contributed by atoms with Gasteiger partial charge in [0.2, 0.25) is 21.8 Å². The van der Waals surface area contributed by atoms with Gasteiger partial charge in [-0.1, -0.05) is 84.7 Å². The number of rotatable bonds is 12. The molecule has 2 amide bonds. The van der Waals surface area contributed by atoms with Gasteiger partial charge in [0.05, 0.1) is 11.9 Å². The molecule has 3 rings (SSSR count). The number of hydrogen-bond acceptors (Lipinski definition) is 4. The molecule has 0 heterocycles. The van der Waals surface area contributed by atoms with E-state index < -0.39 is 28.5 Å². The van der Waals surface area contributed by atoms with Crippen LogP contribution in [-0.2, 0) is 32.6 Å². The highest BCUT2D eigenvalue weighted by molar-refractivity contribution is 7.92. The molecule has 0 aromatic heterocycles. The van der Waals surface area contributed by atoms with E-state index in [4.69, 9.17) is 23.2 Å². The van der Waals surface area contributed by atoms with Crippen molar-refractivity contribution < 1.29 is 18.0 Å². The van der Waals surface area contributed by atoms with Crippen LogP contribution >= 0.6 is 23.2 Å². The molecular formula is C30H35Cl2N3O4S. The van der Waals surface area contributed by atoms with Crippen molar-refractivity contribution in [3.05, 3.63) is 99.5 Å². The van der Waals surface area contributed by atoms with Gasteiger partial charge in [-0.15, -0.1) is 0 Å². The van der Waals surface area contributed by atoms with E-state index in [1.165, 1.54) is 11.0 Å². The first-order valence-electron chi connectivity index (χ1n) is 13.0. The van der Waals surface area contributed by atoms with Gasteiger partial charge in [-0.25, -0.2) is 8.42 Å². The van der Waals surface area contributed by atoms with Crippen molar-refractivity contribution in [2.45, 2.75) is 52.2 Å². The summed E-state index contributed by atoms with van der Waals surface area (Å²) in [7, 11) is -3.88. The Morgan fingerprint density at radius 3 is 2.20 bits per heavy atom. The number of anilines is 1. The Hall–Kier alpha value is -3.07. The van der Waals surface area contributed by atoms with Crippen LogP contribution in [0.3, 0.4) is 0 Å². The molecule has 0 fully saturated rings. The first-order valence-corrected chi connectivity index (χ1v) is 15.6. The summed E-state index contributed by atoms with van der Waals surface area (Å²) < 4.78 is 26.8. The molecule has 3 aromatic rings. The van der Waals surface area contributed by atoms with Crippen molar-refractivity contribution in [1.82, 2.24) is 10.2 Å². The molecule has 0 bridgehead atoms. The molecule has 1 N–H and O–H groups in total. The van der Waals surface area contributed by atoms with Crippen LogP contribution in [0.15, 0.2) is 72.8 Å². The van der Waals surface area contributed by atoms with E-state index in [0.29, 0.717) is 22.0 Å². The third-order valence-corrected chi connectivity index (χ3v) is 8.61. The zero-order valence-electron chi connectivity index (χ0n) is 23.1. The number of amides is 2. The average molecular weight is 605 g/mol. The fourth-order valence-corrected chi connectivity index (χ4v) is 5.37. The maximum absolute atomic E-state index is 14.1. The second kappa shape index (κ2) is 14.0. The standard InChI is InChI=1S/C30H35Cl2N3O4S/c1-5-22(3)33-30(37)28(17-23-11-7-6-8-12-23)34(19-24-13-9-10-14-26(24)31)29(36)20-35(40(4,38)39)25-16-15-21(2)27(32)18-25/h6-16,18,22,28H,5,17,19-20H2,1-4H3,(H,33,37)/t22-,28+/m1/s1. The molecule has 7 nitrogen and oxygen atoms in total. The Morgan fingerprint density at radius 1 is 0.950 bits per heavy atom. The Bertz CT molecular complexity index is 1430. The molecule has 3 aromatic carbocycles. The summed E-state index contributed by atoms with van der Waals surface area (Å²) in [6.45, 7) is 5.14. The highest BCUT2D eigenvalue weighted by atomic mass is 35.5. The van der Waals surface area contributed by atoms with Gasteiger partial charge >= 0.3 is 0 Å². The van der Waals surface area contributed by atoms with E-state index >= 15 is 0 Å². The molecule has 0 unspecified atom stereocenters. The molecule has 214 valence electrons. The molecule has 0 aliphatic heterocycles. The summed E-state index contributed by atoms with van der Waals surface area (Å²) in [5, 5.41) is 3.81. The van der Waals surface area contributed by atoms with E-state index in [2.05, 4.69) is 5.32 Å². The van der Waals surface area contributed by atoms with E-state index in [-0.39, 0.29) is 30.6 Å². The first-order chi connectivity index (χ1) is 18.9. The summed E-state index contributed by atoms with van der Waals surface area (Å²) in [5.74, 6) is -0.884. The number of carbonyl (C=O) groups is 2. The van der Waals surface area contributed by atoms with Gasteiger partial charge in [0.1, 0.15) is 12.6 Å². The van der Waals surface area contributed by atoms with Crippen LogP contribution in [-0.4, -0.2) is 50.0 Å². The second-order valence-electron chi connectivity index (χ2n) is 9.84. The lowest BCUT2D eigenvalue weighted by Gasteiger charge is -2.34. The number of benzene rings is 3. The summed E-state index contributed by atoms with van der Waals surface area (Å²) in [5.41, 5.74) is 2.52. The number of aryl methyl sites for hydroxylation is 1. The zero-order valence-corrected chi connectivity index (χ0v) is 25.4. The Morgan fingerprint density at radius 2 is 1.60 bits per heavy atom. The predicted octanol–water partition coefficient (Wildman–Crippen LogP) is 5.62. The second-order valence-corrected chi connectivity index (χ2v) is 12.6. The fourth-order valence-electron chi connectivity index (χ4n) is 4.16. The van der Waals surface area contributed by atoms with Crippen LogP contribution in [0.1, 0.15) is 37.0 Å². The van der Waals surface area contributed by atoms with Crippen molar-refractivity contribution in [2.75, 3.05) is 17.1 Å². The minimum atomic E-state index is -3.88. The summed E-state index contributed by atoms with van der Waals surface area (Å²) in [6, 6.07) is 20.2. The van der Waals surface area contributed by atoms with Gasteiger partial charge in [0, 0.05) is 29.1 Å². The third kappa shape index (κ3) is 8.46. The molecule has 0 saturated carbocycles. The predicted molar refractivity (Wildman–Crippen MR) is 162 cm³/mol. The molecular weight excluding hydrogens is 569 g/mol. The molecule has 0 spiro atoms. The fraction of sp³-hybridized carbons (Fsp3) is 0.333. The number of hydrogen-bond donors (Lipinski definition) is 1. The van der Waals surface area contributed by atoms with E-state index in [0.717, 1.165) is 21.7 Å². The topological polar surface area (TPSA) is 86.8 Å². The summed E-state index contributed by atoms with van der Waals surface area (Å²) in [6.07, 6.45) is 1.97. The Kier molecular flexibility index (Phi) is 11.0. The van der Waals surface area contributed by atoms with E-state index in [1.54, 1.807) is 43.3 Å². The van der Waals surface area contributed by atoms with Gasteiger partial charge in [-0.3, -0.25) is 13.9 Å². The van der Waals surface area contributed by atoms with Gasteiger partial charge in [-0.2, -0.15) is 0 Å². The van der Waals surface area contributed by atoms with Crippen molar-refractivity contribution in [2.24, 2.45) is 0 Å². The van der Waals surface area contributed by atoms with Crippen molar-refractivity contribution in [3.8, 4) is 0 Å². The molecule has 0 aliphatic carbocycles. The van der Waals surface area contributed by atoms with Crippen LogP contribution in [0.5, 0.6) is 0 Å². The summed E-state index contributed by atoms with van der Waals surface area (Å²) >= 11 is 12.8. The average Bonchev–Trinajstić information content (AvgIpc) is 2.91. The van der Waals surface area contributed by atoms with E-state index in [1.807, 2.05) is 44.2 Å². The van der Waals surface area contributed by atoms with Gasteiger partial charge in [-0.05, 0) is 55.2 Å². The van der Waals surface area contributed by atoms with Crippen LogP contribution in [0.4, 0.5) is 5.69 Å². The molecule has 10 heteroatoms. The third-order valence-electron chi connectivity index (χ3n) is 6.69. The van der Waals surface area contributed by atoms with Crippen molar-refractivity contribution >= 4 is 50.7 Å². The van der Waals surface area contributed by atoms with Gasteiger partial charge < -0.3 is 10.2 Å². The summed E-state index contributed by atoms with van der Waals surface area (Å²) in [4.78, 5) is 29.2. The number of carbonyl (C=O) groups excluding carboxylic acids is 2. The van der Waals surface area contributed by atoms with Crippen molar-refractivity contribution in [1.29, 1.82) is 0 Å². The lowest BCUT2D eigenvalue weighted by molar-refractivity contribution is -0.140. The minimum Gasteiger partial charge on any atom is -0.352 e. The molecule has 0 radical (unpaired) electrons. The number of nitrogens with one attached hydrogen (secondary N) is 1. The van der Waals surface area contributed by atoms with Crippen LogP contribution < -0.4 is 9.62 Å². The normalized spacial score (nSPS) is 12.8. The number of nitrogens with zero attached hydrogens (tertiary/aromatic N) is 2. The van der Waals surface area contributed by atoms with Crippen molar-refractivity contribution in [3.63, 3.8) is 0 Å². The maximum Gasteiger partial charge on any atom is 0.244 e. The van der Waals surface area contributed by atoms with E-state index in [9.17, 15) is 18.0 Å². The molecule has 0 saturated heterocycles. The lowest BCUT2D eigenvalue weighted by Crippen LogP contribution is -2.54. The Balaban J connectivity index is 2.08. The van der Waals surface area contributed by atoms with Crippen LogP contribution in [0.25, 0.3) is 0 Å². The minimum absolute atomic E-state index is 0.0101. The monoisotopic (exact) mass is 603 g/mol. The number of halogens is 2. The molecule has 0 aliphatic rings. The lowest BCUT2D eigenvalue weighted by atomic mass is 10.0. The zero-order chi connectivity index (χ0) is 29.4. The van der Waals surface area contributed by atoms with Crippen LogP contribution in [0, 0.1) is 6.92 Å². The smallest absolute Gasteiger partial charge is 0.244 e. The first kappa shape index (κ1) is 31.5. The van der Waals surface area contributed by atoms with Gasteiger partial charge in [0.15, 0.2) is 0 Å². The Labute approximate surface area is 247 Å². The van der Waals surface area contributed by atoms with Gasteiger partial charge in [0.25, 0.3) is 0 Å². The highest BCUT2D eigenvalue weighted by Gasteiger charge is 2.33. The highest BCUT2D eigenvalue weighted by Crippen LogP contribution is 2.26. The largest absolute Gasteiger partial charge is 0.352 e.